The van der Waals surface area contributed by atoms with Gasteiger partial charge in [0.2, 0.25) is 0 Å². The lowest BCUT2D eigenvalue weighted by molar-refractivity contribution is 0.0171. The molecule has 1 aliphatic heterocycles. The van der Waals surface area contributed by atoms with Gasteiger partial charge >= 0.3 is 6.09 Å². The van der Waals surface area contributed by atoms with E-state index in [0.29, 0.717) is 19.0 Å². The number of carbonyl (C=O) groups excluding carboxylic acids is 1. The van der Waals surface area contributed by atoms with E-state index in [1.165, 1.54) is 0 Å². The number of nitrogens with one attached hydrogen (secondary N) is 1. The van der Waals surface area contributed by atoms with Crippen LogP contribution in [-0.4, -0.2) is 45.0 Å². The molecule has 6 heteroatoms. The predicted molar refractivity (Wildman–Crippen MR) is 95.6 cm³/mol. The molecule has 1 rings (SSSR count). The monoisotopic (exact) mass is 346 g/mol. The van der Waals surface area contributed by atoms with E-state index in [9.17, 15) is 9.35 Å². The second-order valence-corrected chi connectivity index (χ2v) is 10.3. The summed E-state index contributed by atoms with van der Waals surface area (Å²) in [6.07, 6.45) is 2.56. The molecule has 2 atom stereocenters. The number of likely N-dealkylation sites (tertiary alicyclic amines) is 1. The van der Waals surface area contributed by atoms with Crippen molar-refractivity contribution in [3.63, 3.8) is 0 Å². The zero-order valence-electron chi connectivity index (χ0n) is 15.8. The summed E-state index contributed by atoms with van der Waals surface area (Å²) in [6.45, 7) is 15.1. The van der Waals surface area contributed by atoms with Crippen molar-refractivity contribution in [2.24, 2.45) is 5.92 Å². The molecule has 5 nitrogen and oxygen atoms in total. The van der Waals surface area contributed by atoms with Crippen molar-refractivity contribution in [2.45, 2.75) is 84.1 Å². The normalized spacial score (nSPS) is 20.3. The summed E-state index contributed by atoms with van der Waals surface area (Å²) >= 11 is -1.06. The highest BCUT2D eigenvalue weighted by atomic mass is 32.2. The Morgan fingerprint density at radius 2 is 1.78 bits per heavy atom. The van der Waals surface area contributed by atoms with Crippen LogP contribution in [-0.2, 0) is 16.1 Å². The molecule has 0 spiro atoms. The number of ether oxygens (including phenoxy) is 1. The van der Waals surface area contributed by atoms with Crippen LogP contribution in [0.1, 0.15) is 67.7 Å². The molecule has 1 aliphatic rings. The lowest BCUT2D eigenvalue weighted by Gasteiger charge is -2.37. The average molecular weight is 347 g/mol. The van der Waals surface area contributed by atoms with Crippen LogP contribution in [0.5, 0.6) is 0 Å². The molecule has 0 aromatic rings. The summed E-state index contributed by atoms with van der Waals surface area (Å²) in [5.74, 6) is 0.449. The maximum Gasteiger partial charge on any atom is 0.410 e. The maximum absolute atomic E-state index is 12.3. The number of amides is 1. The van der Waals surface area contributed by atoms with Crippen molar-refractivity contribution in [1.29, 1.82) is 0 Å². The standard InChI is InChI=1S/C17H34N2O3S/c1-8-14(18-23(21)17(5,6)7)13-9-11-19(12-10-13)15(20)22-16(2,3)4/h13-14,18H,8-12H2,1-7H3/t14-,23+/m0/s1. The van der Waals surface area contributed by atoms with Crippen molar-refractivity contribution in [2.75, 3.05) is 13.1 Å². The molecule has 0 bridgehead atoms. The van der Waals surface area contributed by atoms with E-state index in [1.54, 1.807) is 4.90 Å². The maximum atomic E-state index is 12.3. The van der Waals surface area contributed by atoms with E-state index in [4.69, 9.17) is 4.74 Å². The highest BCUT2D eigenvalue weighted by molar-refractivity contribution is 7.90. The van der Waals surface area contributed by atoms with Gasteiger partial charge in [-0.1, -0.05) is 6.92 Å². The third kappa shape index (κ3) is 6.89. The van der Waals surface area contributed by atoms with Crippen LogP contribution in [0.25, 0.3) is 0 Å². The molecule has 0 aliphatic carbocycles. The van der Waals surface area contributed by atoms with Gasteiger partial charge < -0.3 is 14.2 Å². The van der Waals surface area contributed by atoms with Crippen LogP contribution in [0, 0.1) is 5.92 Å². The number of rotatable bonds is 4. The lowest BCUT2D eigenvalue weighted by atomic mass is 9.89. The van der Waals surface area contributed by atoms with E-state index >= 15 is 0 Å². The molecule has 0 saturated carbocycles. The van der Waals surface area contributed by atoms with E-state index < -0.39 is 17.0 Å². The van der Waals surface area contributed by atoms with E-state index in [1.807, 2.05) is 41.5 Å². The Morgan fingerprint density at radius 1 is 1.26 bits per heavy atom. The lowest BCUT2D eigenvalue weighted by Crippen LogP contribution is -2.50. The first-order valence-electron chi connectivity index (χ1n) is 8.60. The Balaban J connectivity index is 2.52. The Kier molecular flexibility index (Phi) is 7.23. The third-order valence-electron chi connectivity index (χ3n) is 4.01. The fourth-order valence-electron chi connectivity index (χ4n) is 2.64. The van der Waals surface area contributed by atoms with Gasteiger partial charge in [-0.2, -0.15) is 0 Å². The minimum atomic E-state index is -1.06. The molecular formula is C17H34N2O3S. The molecule has 0 unspecified atom stereocenters. The van der Waals surface area contributed by atoms with Crippen LogP contribution in [0.2, 0.25) is 0 Å². The summed E-state index contributed by atoms with van der Waals surface area (Å²) in [5.41, 5.74) is -0.453. The van der Waals surface area contributed by atoms with Crippen molar-refractivity contribution >= 4 is 17.5 Å². The van der Waals surface area contributed by atoms with E-state index in [2.05, 4.69) is 11.6 Å². The van der Waals surface area contributed by atoms with Crippen molar-refractivity contribution in [1.82, 2.24) is 9.62 Å². The molecule has 0 aromatic carbocycles. The van der Waals surface area contributed by atoms with Crippen LogP contribution in [0.4, 0.5) is 4.79 Å². The predicted octanol–water partition coefficient (Wildman–Crippen LogP) is 3.46. The van der Waals surface area contributed by atoms with Gasteiger partial charge in [-0.05, 0) is 66.7 Å². The van der Waals surface area contributed by atoms with Crippen molar-refractivity contribution in [3.05, 3.63) is 0 Å². The smallest absolute Gasteiger partial charge is 0.410 e. The van der Waals surface area contributed by atoms with Gasteiger partial charge in [-0.25, -0.2) is 4.79 Å². The molecule has 1 fully saturated rings. The van der Waals surface area contributed by atoms with Crippen molar-refractivity contribution < 1.29 is 14.1 Å². The largest absolute Gasteiger partial charge is 0.598 e. The van der Waals surface area contributed by atoms with E-state index in [0.717, 1.165) is 19.3 Å². The van der Waals surface area contributed by atoms with Crippen LogP contribution < -0.4 is 4.72 Å². The quantitative estimate of drug-likeness (QED) is 0.792. The molecule has 0 radical (unpaired) electrons. The highest BCUT2D eigenvalue weighted by Gasteiger charge is 2.34. The minimum Gasteiger partial charge on any atom is -0.598 e. The number of carbonyl (C=O) groups is 1. The van der Waals surface area contributed by atoms with Gasteiger partial charge in [0.05, 0.1) is 6.04 Å². The average Bonchev–Trinajstić information content (AvgIpc) is 2.41. The van der Waals surface area contributed by atoms with Gasteiger partial charge in [0, 0.05) is 24.5 Å². The molecule has 23 heavy (non-hydrogen) atoms. The number of nitrogens with zero attached hydrogens (tertiary/aromatic N) is 1. The Labute approximate surface area is 144 Å². The zero-order chi connectivity index (χ0) is 17.8. The molecule has 1 amide bonds. The first kappa shape index (κ1) is 20.6. The number of hydrogen-bond donors (Lipinski definition) is 1. The van der Waals surface area contributed by atoms with Gasteiger partial charge in [0.1, 0.15) is 10.3 Å². The van der Waals surface area contributed by atoms with Gasteiger partial charge in [-0.15, -0.1) is 4.72 Å². The topological polar surface area (TPSA) is 64.6 Å². The third-order valence-corrected chi connectivity index (χ3v) is 5.64. The minimum absolute atomic E-state index is 0.227. The number of piperidine rings is 1. The van der Waals surface area contributed by atoms with Crippen LogP contribution >= 0.6 is 0 Å². The molecule has 1 heterocycles. The first-order chi connectivity index (χ1) is 10.4. The summed E-state index contributed by atoms with van der Waals surface area (Å²) < 4.78 is 20.8. The fourth-order valence-corrected chi connectivity index (χ4v) is 3.63. The highest BCUT2D eigenvalue weighted by Crippen LogP contribution is 2.26. The molecule has 1 N–H and O–H groups in total. The molecule has 136 valence electrons. The SMILES string of the molecule is CC[C@H](N[S@+]([O-])C(C)(C)C)C1CCN(C(=O)OC(C)(C)C)CC1. The second kappa shape index (κ2) is 8.08. The van der Waals surface area contributed by atoms with Crippen LogP contribution in [0.15, 0.2) is 0 Å². The van der Waals surface area contributed by atoms with Gasteiger partial charge in [-0.3, -0.25) is 0 Å². The van der Waals surface area contributed by atoms with Gasteiger partial charge in [0.25, 0.3) is 0 Å². The summed E-state index contributed by atoms with van der Waals surface area (Å²) in [5, 5.41) is 0. The molecular weight excluding hydrogens is 312 g/mol. The first-order valence-corrected chi connectivity index (χ1v) is 9.75. The summed E-state index contributed by atoms with van der Waals surface area (Å²) in [6, 6.07) is 0.232. The van der Waals surface area contributed by atoms with E-state index in [-0.39, 0.29) is 16.9 Å². The number of hydrogen-bond acceptors (Lipinski definition) is 4. The molecule has 1 saturated heterocycles. The Bertz CT molecular complexity index is 382. The Hall–Kier alpha value is -0.460. The second-order valence-electron chi connectivity index (χ2n) is 8.32. The van der Waals surface area contributed by atoms with Gasteiger partial charge in [0.15, 0.2) is 0 Å². The van der Waals surface area contributed by atoms with Crippen molar-refractivity contribution in [3.8, 4) is 0 Å². The fraction of sp³-hybridized carbons (Fsp3) is 0.941. The Morgan fingerprint density at radius 3 is 2.17 bits per heavy atom. The summed E-state index contributed by atoms with van der Waals surface area (Å²) in [7, 11) is 0. The zero-order valence-corrected chi connectivity index (χ0v) is 16.6. The molecule has 0 aromatic heterocycles. The van der Waals surface area contributed by atoms with Crippen LogP contribution in [0.3, 0.4) is 0 Å². The summed E-state index contributed by atoms with van der Waals surface area (Å²) in [4.78, 5) is 13.9.